The van der Waals surface area contributed by atoms with Crippen LogP contribution < -0.4 is 5.32 Å². The number of hydrogen-bond donors (Lipinski definition) is 1. The van der Waals surface area contributed by atoms with Gasteiger partial charge in [-0.05, 0) is 18.8 Å². The Balaban J connectivity index is 1.67. The normalized spacial score (nSPS) is 23.9. The molecule has 6 heteroatoms. The van der Waals surface area contributed by atoms with Crippen molar-refractivity contribution in [2.24, 2.45) is 5.92 Å². The Bertz CT molecular complexity index is 331. The van der Waals surface area contributed by atoms with Gasteiger partial charge in [-0.2, -0.15) is 0 Å². The van der Waals surface area contributed by atoms with Gasteiger partial charge in [-0.1, -0.05) is 0 Å². The van der Waals surface area contributed by atoms with E-state index in [1.165, 1.54) is 20.0 Å². The van der Waals surface area contributed by atoms with Crippen molar-refractivity contribution >= 4 is 11.9 Å². The molecule has 2 aliphatic rings. The zero-order chi connectivity index (χ0) is 13.7. The van der Waals surface area contributed by atoms with Crippen molar-refractivity contribution < 1.29 is 19.1 Å². The van der Waals surface area contributed by atoms with Crippen molar-refractivity contribution in [1.82, 2.24) is 10.2 Å². The third-order valence-corrected chi connectivity index (χ3v) is 3.50. The van der Waals surface area contributed by atoms with Crippen LogP contribution in [0.15, 0.2) is 0 Å². The summed E-state index contributed by atoms with van der Waals surface area (Å²) in [7, 11) is 1.37. The Hall–Kier alpha value is -1.14. The number of morpholine rings is 1. The zero-order valence-corrected chi connectivity index (χ0v) is 11.4. The number of methoxy groups -OCH3 is 1. The molecule has 0 aromatic rings. The molecule has 1 aliphatic carbocycles. The third-order valence-electron chi connectivity index (χ3n) is 3.50. The highest BCUT2D eigenvalue weighted by Gasteiger charge is 2.25. The van der Waals surface area contributed by atoms with Gasteiger partial charge in [0.25, 0.3) is 0 Å². The Kier molecular flexibility index (Phi) is 5.15. The summed E-state index contributed by atoms with van der Waals surface area (Å²) in [6.07, 6.45) is 2.55. The Morgan fingerprint density at radius 1 is 1.42 bits per heavy atom. The van der Waals surface area contributed by atoms with E-state index in [9.17, 15) is 9.59 Å². The molecule has 1 saturated heterocycles. The molecule has 1 N–H and O–H groups in total. The van der Waals surface area contributed by atoms with Gasteiger partial charge in [-0.25, -0.2) is 0 Å². The summed E-state index contributed by atoms with van der Waals surface area (Å²) < 4.78 is 10.1. The lowest BCUT2D eigenvalue weighted by Crippen LogP contribution is -2.47. The van der Waals surface area contributed by atoms with E-state index in [2.05, 4.69) is 10.1 Å². The molecule has 1 saturated carbocycles. The van der Waals surface area contributed by atoms with Crippen molar-refractivity contribution in [3.63, 3.8) is 0 Å². The van der Waals surface area contributed by atoms with Gasteiger partial charge in [-0.15, -0.1) is 0 Å². The maximum atomic E-state index is 11.7. The molecule has 0 radical (unpaired) electrons. The van der Waals surface area contributed by atoms with Gasteiger partial charge in [0, 0.05) is 19.6 Å². The second-order valence-electron chi connectivity index (χ2n) is 5.26. The van der Waals surface area contributed by atoms with Gasteiger partial charge in [0.05, 0.1) is 32.8 Å². The van der Waals surface area contributed by atoms with Gasteiger partial charge < -0.3 is 14.8 Å². The number of amides is 1. The summed E-state index contributed by atoms with van der Waals surface area (Å²) in [5.74, 6) is 0.483. The van der Waals surface area contributed by atoms with E-state index in [0.29, 0.717) is 25.6 Å². The van der Waals surface area contributed by atoms with Crippen molar-refractivity contribution in [3.05, 3.63) is 0 Å². The standard InChI is InChI=1S/C13H22N2O4/c1-18-13(17)6-11-8-15(4-5-19-11)9-12(16)14-7-10-2-3-10/h10-11H,2-9H2,1H3,(H,14,16). The average molecular weight is 270 g/mol. The average Bonchev–Trinajstić information content (AvgIpc) is 3.20. The largest absolute Gasteiger partial charge is 0.469 e. The topological polar surface area (TPSA) is 67.9 Å². The lowest BCUT2D eigenvalue weighted by molar-refractivity contribution is -0.145. The van der Waals surface area contributed by atoms with E-state index < -0.39 is 0 Å². The minimum Gasteiger partial charge on any atom is -0.469 e. The molecule has 2 fully saturated rings. The molecule has 6 nitrogen and oxygen atoms in total. The molecule has 19 heavy (non-hydrogen) atoms. The molecule has 1 unspecified atom stereocenters. The highest BCUT2D eigenvalue weighted by Crippen LogP contribution is 2.27. The number of hydrogen-bond acceptors (Lipinski definition) is 5. The smallest absolute Gasteiger partial charge is 0.308 e. The van der Waals surface area contributed by atoms with E-state index >= 15 is 0 Å². The molecular weight excluding hydrogens is 248 g/mol. The number of carbonyl (C=O) groups excluding carboxylic acids is 2. The van der Waals surface area contributed by atoms with Crippen LogP contribution in [-0.4, -0.2) is 62.8 Å². The predicted octanol–water partition coefficient (Wildman–Crippen LogP) is -0.223. The molecule has 0 bridgehead atoms. The van der Waals surface area contributed by atoms with Crippen LogP contribution in [-0.2, 0) is 19.1 Å². The first-order chi connectivity index (χ1) is 9.17. The summed E-state index contributed by atoms with van der Waals surface area (Å²) in [4.78, 5) is 25.0. The fourth-order valence-electron chi connectivity index (χ4n) is 2.16. The fourth-order valence-corrected chi connectivity index (χ4v) is 2.16. The highest BCUT2D eigenvalue weighted by atomic mass is 16.5. The maximum absolute atomic E-state index is 11.7. The maximum Gasteiger partial charge on any atom is 0.308 e. The quantitative estimate of drug-likeness (QED) is 0.676. The molecular formula is C13H22N2O4. The highest BCUT2D eigenvalue weighted by molar-refractivity contribution is 5.78. The molecule has 1 heterocycles. The first kappa shape index (κ1) is 14.3. The third kappa shape index (κ3) is 5.16. The minimum absolute atomic E-state index is 0.0608. The van der Waals surface area contributed by atoms with Gasteiger partial charge >= 0.3 is 5.97 Å². The van der Waals surface area contributed by atoms with Crippen LogP contribution >= 0.6 is 0 Å². The molecule has 0 aromatic heterocycles. The van der Waals surface area contributed by atoms with E-state index in [4.69, 9.17) is 4.74 Å². The lowest BCUT2D eigenvalue weighted by Gasteiger charge is -2.31. The van der Waals surface area contributed by atoms with Crippen molar-refractivity contribution in [2.45, 2.75) is 25.4 Å². The second-order valence-corrected chi connectivity index (χ2v) is 5.26. The van der Waals surface area contributed by atoms with Crippen LogP contribution in [0.1, 0.15) is 19.3 Å². The van der Waals surface area contributed by atoms with Crippen LogP contribution in [0, 0.1) is 5.92 Å². The minimum atomic E-state index is -0.273. The van der Waals surface area contributed by atoms with E-state index in [-0.39, 0.29) is 24.4 Å². The number of rotatable bonds is 6. The summed E-state index contributed by atoms with van der Waals surface area (Å²) in [5.41, 5.74) is 0. The Labute approximate surface area is 113 Å². The Morgan fingerprint density at radius 2 is 2.21 bits per heavy atom. The van der Waals surface area contributed by atoms with E-state index in [1.54, 1.807) is 0 Å². The van der Waals surface area contributed by atoms with Crippen molar-refractivity contribution in [1.29, 1.82) is 0 Å². The summed E-state index contributed by atoms with van der Waals surface area (Å²) in [6, 6.07) is 0. The first-order valence-electron chi connectivity index (χ1n) is 6.85. The monoisotopic (exact) mass is 270 g/mol. The van der Waals surface area contributed by atoms with Crippen LogP contribution in [0.3, 0.4) is 0 Å². The van der Waals surface area contributed by atoms with Gasteiger partial charge in [-0.3, -0.25) is 14.5 Å². The Morgan fingerprint density at radius 3 is 2.89 bits per heavy atom. The predicted molar refractivity (Wildman–Crippen MR) is 68.5 cm³/mol. The fraction of sp³-hybridized carbons (Fsp3) is 0.846. The summed E-state index contributed by atoms with van der Waals surface area (Å²) in [6.45, 7) is 3.07. The SMILES string of the molecule is COC(=O)CC1CN(CC(=O)NCC2CC2)CCO1. The number of nitrogens with zero attached hydrogens (tertiary/aromatic N) is 1. The number of nitrogens with one attached hydrogen (secondary N) is 1. The zero-order valence-electron chi connectivity index (χ0n) is 11.4. The molecule has 1 atom stereocenters. The number of carbonyl (C=O) groups is 2. The van der Waals surface area contributed by atoms with Gasteiger partial charge in [0.1, 0.15) is 0 Å². The van der Waals surface area contributed by atoms with E-state index in [1.807, 2.05) is 4.90 Å². The van der Waals surface area contributed by atoms with Crippen LogP contribution in [0.5, 0.6) is 0 Å². The number of esters is 1. The summed E-state index contributed by atoms with van der Waals surface area (Å²) >= 11 is 0. The number of ether oxygens (including phenoxy) is 2. The lowest BCUT2D eigenvalue weighted by atomic mass is 10.2. The molecule has 0 spiro atoms. The van der Waals surface area contributed by atoms with Crippen molar-refractivity contribution in [2.75, 3.05) is 39.9 Å². The van der Waals surface area contributed by atoms with Crippen LogP contribution in [0.25, 0.3) is 0 Å². The summed E-state index contributed by atoms with van der Waals surface area (Å²) in [5, 5.41) is 2.95. The molecule has 1 aliphatic heterocycles. The van der Waals surface area contributed by atoms with Crippen LogP contribution in [0.2, 0.25) is 0 Å². The van der Waals surface area contributed by atoms with Gasteiger partial charge in [0.2, 0.25) is 5.91 Å². The molecule has 108 valence electrons. The van der Waals surface area contributed by atoms with E-state index in [0.717, 1.165) is 13.1 Å². The molecule has 1 amide bonds. The van der Waals surface area contributed by atoms with Crippen molar-refractivity contribution in [3.8, 4) is 0 Å². The molecule has 0 aromatic carbocycles. The second kappa shape index (κ2) is 6.86. The first-order valence-corrected chi connectivity index (χ1v) is 6.85. The van der Waals surface area contributed by atoms with Crippen LogP contribution in [0.4, 0.5) is 0 Å². The molecule has 2 rings (SSSR count). The van der Waals surface area contributed by atoms with Gasteiger partial charge in [0.15, 0.2) is 0 Å².